The van der Waals surface area contributed by atoms with Gasteiger partial charge in [0, 0.05) is 6.07 Å². The first-order valence-corrected chi connectivity index (χ1v) is 9.33. The number of hydrogen-bond acceptors (Lipinski definition) is 5. The number of carbonyl (C=O) groups is 2. The monoisotopic (exact) mass is 404 g/mol. The zero-order valence-corrected chi connectivity index (χ0v) is 16.3. The summed E-state index contributed by atoms with van der Waals surface area (Å²) in [7, 11) is 0. The lowest BCUT2D eigenvalue weighted by molar-refractivity contribution is -0.383. The Labute approximate surface area is 173 Å². The van der Waals surface area contributed by atoms with Crippen LogP contribution in [0.25, 0.3) is 0 Å². The highest BCUT2D eigenvalue weighted by Gasteiger charge is 2.23. The molecule has 3 rings (SSSR count). The van der Waals surface area contributed by atoms with E-state index in [2.05, 4.69) is 5.32 Å². The van der Waals surface area contributed by atoms with Gasteiger partial charge in [-0.15, -0.1) is 0 Å². The summed E-state index contributed by atoms with van der Waals surface area (Å²) in [6.07, 6.45) is -0.592. The molecule has 1 N–H and O–H groups in total. The van der Waals surface area contributed by atoms with E-state index in [-0.39, 0.29) is 11.4 Å². The summed E-state index contributed by atoms with van der Waals surface area (Å²) in [5.74, 6) is -1.29. The molecular weight excluding hydrogens is 384 g/mol. The average Bonchev–Trinajstić information content (AvgIpc) is 2.75. The van der Waals surface area contributed by atoms with Gasteiger partial charge in [0.2, 0.25) is 0 Å². The maximum absolute atomic E-state index is 12.7. The van der Waals surface area contributed by atoms with Crippen molar-refractivity contribution >= 4 is 23.3 Å². The second-order valence-corrected chi connectivity index (χ2v) is 6.63. The normalized spacial score (nSPS) is 11.4. The van der Waals surface area contributed by atoms with Crippen LogP contribution in [0.2, 0.25) is 0 Å². The molecule has 0 heterocycles. The van der Waals surface area contributed by atoms with Crippen LogP contribution in [0, 0.1) is 10.1 Å². The molecule has 0 aliphatic rings. The van der Waals surface area contributed by atoms with Gasteiger partial charge in [0.1, 0.15) is 5.69 Å². The predicted molar refractivity (Wildman–Crippen MR) is 112 cm³/mol. The van der Waals surface area contributed by atoms with Crippen LogP contribution < -0.4 is 5.32 Å². The summed E-state index contributed by atoms with van der Waals surface area (Å²) >= 11 is 0. The minimum Gasteiger partial charge on any atom is -0.449 e. The lowest BCUT2D eigenvalue weighted by atomic mass is 10.00. The number of ether oxygens (including phenoxy) is 1. The Balaban J connectivity index is 1.70. The van der Waals surface area contributed by atoms with Gasteiger partial charge >= 0.3 is 5.97 Å². The molecule has 30 heavy (non-hydrogen) atoms. The van der Waals surface area contributed by atoms with E-state index >= 15 is 0 Å². The largest absolute Gasteiger partial charge is 0.449 e. The molecule has 1 amide bonds. The summed E-state index contributed by atoms with van der Waals surface area (Å²) in [6, 6.07) is 22.5. The van der Waals surface area contributed by atoms with E-state index in [9.17, 15) is 19.7 Å². The first-order valence-electron chi connectivity index (χ1n) is 9.33. The van der Waals surface area contributed by atoms with Crippen LogP contribution in [0.5, 0.6) is 0 Å². The van der Waals surface area contributed by atoms with E-state index in [1.165, 1.54) is 25.1 Å². The van der Waals surface area contributed by atoms with Crippen LogP contribution in [-0.2, 0) is 16.0 Å². The zero-order chi connectivity index (χ0) is 21.5. The standard InChI is InChI=1S/C23H20N2O5/c1-16(22(26)24-20-13-7-8-14-21(20)25(28)29)30-23(27)19-12-6-5-11-18(19)15-17-9-3-2-4-10-17/h2-14,16H,15H2,1H3,(H,24,26)/t16-/m0/s1. The van der Waals surface area contributed by atoms with Crippen molar-refractivity contribution in [3.63, 3.8) is 0 Å². The van der Waals surface area contributed by atoms with Gasteiger partial charge in [-0.3, -0.25) is 14.9 Å². The molecule has 3 aromatic carbocycles. The Morgan fingerprint density at radius 1 is 0.967 bits per heavy atom. The molecule has 0 aliphatic heterocycles. The van der Waals surface area contributed by atoms with E-state index in [0.717, 1.165) is 11.1 Å². The molecule has 1 atom stereocenters. The number of para-hydroxylation sites is 2. The third kappa shape index (κ3) is 5.08. The van der Waals surface area contributed by atoms with Crippen LogP contribution in [-0.4, -0.2) is 22.9 Å². The molecule has 0 aliphatic carbocycles. The number of nitro benzene ring substituents is 1. The number of nitro groups is 1. The van der Waals surface area contributed by atoms with E-state index in [1.807, 2.05) is 42.5 Å². The third-order valence-corrected chi connectivity index (χ3v) is 4.49. The molecule has 0 radical (unpaired) electrons. The second kappa shape index (κ2) is 9.47. The minimum absolute atomic E-state index is 0.0416. The molecule has 7 heteroatoms. The van der Waals surface area contributed by atoms with Crippen molar-refractivity contribution in [3.8, 4) is 0 Å². The van der Waals surface area contributed by atoms with Crippen LogP contribution in [0.3, 0.4) is 0 Å². The molecule has 0 aromatic heterocycles. The Bertz CT molecular complexity index is 1070. The number of nitrogens with zero attached hydrogens (tertiary/aromatic N) is 1. The smallest absolute Gasteiger partial charge is 0.339 e. The fraction of sp³-hybridized carbons (Fsp3) is 0.130. The number of carbonyl (C=O) groups excluding carboxylic acids is 2. The number of nitrogens with one attached hydrogen (secondary N) is 1. The van der Waals surface area contributed by atoms with Gasteiger partial charge in [-0.2, -0.15) is 0 Å². The third-order valence-electron chi connectivity index (χ3n) is 4.49. The Hall–Kier alpha value is -4.00. The van der Waals surface area contributed by atoms with E-state index in [0.29, 0.717) is 12.0 Å². The van der Waals surface area contributed by atoms with Crippen molar-refractivity contribution in [2.75, 3.05) is 5.32 Å². The number of esters is 1. The number of amides is 1. The quantitative estimate of drug-likeness (QED) is 0.358. The number of hydrogen-bond donors (Lipinski definition) is 1. The van der Waals surface area contributed by atoms with E-state index < -0.39 is 22.9 Å². The van der Waals surface area contributed by atoms with Crippen LogP contribution >= 0.6 is 0 Å². The van der Waals surface area contributed by atoms with Crippen molar-refractivity contribution in [1.82, 2.24) is 0 Å². The van der Waals surface area contributed by atoms with Crippen molar-refractivity contribution in [2.24, 2.45) is 0 Å². The molecule has 7 nitrogen and oxygen atoms in total. The maximum Gasteiger partial charge on any atom is 0.339 e. The van der Waals surface area contributed by atoms with Gasteiger partial charge in [-0.05, 0) is 36.6 Å². The molecular formula is C23H20N2O5. The Morgan fingerprint density at radius 2 is 1.60 bits per heavy atom. The first-order chi connectivity index (χ1) is 14.5. The number of rotatable bonds is 7. The highest BCUT2D eigenvalue weighted by molar-refractivity contribution is 5.99. The molecule has 0 saturated heterocycles. The highest BCUT2D eigenvalue weighted by atomic mass is 16.6. The molecule has 152 valence electrons. The van der Waals surface area contributed by atoms with Gasteiger partial charge in [-0.25, -0.2) is 4.79 Å². The zero-order valence-electron chi connectivity index (χ0n) is 16.3. The minimum atomic E-state index is -1.14. The molecule has 0 spiro atoms. The summed E-state index contributed by atoms with van der Waals surface area (Å²) in [6.45, 7) is 1.42. The molecule has 0 unspecified atom stereocenters. The van der Waals surface area contributed by atoms with Gasteiger partial charge in [0.05, 0.1) is 10.5 Å². The second-order valence-electron chi connectivity index (χ2n) is 6.63. The summed E-state index contributed by atoms with van der Waals surface area (Å²) in [4.78, 5) is 35.6. The van der Waals surface area contributed by atoms with Gasteiger partial charge in [-0.1, -0.05) is 60.7 Å². The lowest BCUT2D eigenvalue weighted by Gasteiger charge is -2.15. The van der Waals surface area contributed by atoms with Gasteiger partial charge < -0.3 is 10.1 Å². The predicted octanol–water partition coefficient (Wildman–Crippen LogP) is 4.37. The Morgan fingerprint density at radius 3 is 2.33 bits per heavy atom. The fourth-order valence-corrected chi connectivity index (χ4v) is 2.94. The summed E-state index contributed by atoms with van der Waals surface area (Å²) in [5.41, 5.74) is 1.99. The number of benzene rings is 3. The van der Waals surface area contributed by atoms with Crippen molar-refractivity contribution in [2.45, 2.75) is 19.4 Å². The molecule has 0 saturated carbocycles. The fourth-order valence-electron chi connectivity index (χ4n) is 2.94. The summed E-state index contributed by atoms with van der Waals surface area (Å²) < 4.78 is 5.33. The van der Waals surface area contributed by atoms with E-state index in [1.54, 1.807) is 18.2 Å². The van der Waals surface area contributed by atoms with Crippen LogP contribution in [0.15, 0.2) is 78.9 Å². The lowest BCUT2D eigenvalue weighted by Crippen LogP contribution is -2.30. The van der Waals surface area contributed by atoms with Gasteiger partial charge in [0.25, 0.3) is 11.6 Å². The molecule has 0 fully saturated rings. The Kier molecular flexibility index (Phi) is 6.54. The highest BCUT2D eigenvalue weighted by Crippen LogP contribution is 2.23. The first kappa shape index (κ1) is 20.7. The topological polar surface area (TPSA) is 98.5 Å². The van der Waals surface area contributed by atoms with Crippen LogP contribution in [0.4, 0.5) is 11.4 Å². The van der Waals surface area contributed by atoms with Crippen molar-refractivity contribution in [1.29, 1.82) is 0 Å². The molecule has 0 bridgehead atoms. The molecule has 3 aromatic rings. The van der Waals surface area contributed by atoms with Gasteiger partial charge in [0.15, 0.2) is 6.10 Å². The van der Waals surface area contributed by atoms with Crippen molar-refractivity contribution in [3.05, 3.63) is 106 Å². The summed E-state index contributed by atoms with van der Waals surface area (Å²) in [5, 5.41) is 13.5. The maximum atomic E-state index is 12.7. The van der Waals surface area contributed by atoms with E-state index in [4.69, 9.17) is 4.74 Å². The SMILES string of the molecule is C[C@H](OC(=O)c1ccccc1Cc1ccccc1)C(=O)Nc1ccccc1[N+](=O)[O-]. The van der Waals surface area contributed by atoms with Crippen LogP contribution in [0.1, 0.15) is 28.4 Å². The number of anilines is 1. The van der Waals surface area contributed by atoms with Crippen molar-refractivity contribution < 1.29 is 19.2 Å². The average molecular weight is 404 g/mol.